The van der Waals surface area contributed by atoms with Crippen LogP contribution < -0.4 is 0 Å². The number of H-pyrrole nitrogens is 1. The summed E-state index contributed by atoms with van der Waals surface area (Å²) in [5.74, 6) is 1.80. The first-order chi connectivity index (χ1) is 10.2. The minimum atomic E-state index is -0.0401. The van der Waals surface area contributed by atoms with Crippen LogP contribution in [0.1, 0.15) is 43.0 Å². The predicted octanol–water partition coefficient (Wildman–Crippen LogP) is 2.27. The summed E-state index contributed by atoms with van der Waals surface area (Å²) in [6.45, 7) is 2.81. The molecule has 0 saturated carbocycles. The maximum atomic E-state index is 11.8. The third-order valence-corrected chi connectivity index (χ3v) is 3.99. The van der Waals surface area contributed by atoms with Gasteiger partial charge in [0.25, 0.3) is 0 Å². The fourth-order valence-electron chi connectivity index (χ4n) is 2.73. The number of aromatic nitrogens is 3. The van der Waals surface area contributed by atoms with E-state index in [0.717, 1.165) is 31.6 Å². The van der Waals surface area contributed by atoms with Crippen LogP contribution in [0.15, 0.2) is 30.3 Å². The van der Waals surface area contributed by atoms with Gasteiger partial charge in [-0.3, -0.25) is 9.89 Å². The number of rotatable bonds is 5. The number of hydrogen-bond donors (Lipinski definition) is 1. The van der Waals surface area contributed by atoms with Gasteiger partial charge in [-0.25, -0.2) is 4.98 Å². The normalized spacial score (nSPS) is 16.4. The molecule has 1 aliphatic heterocycles. The highest BCUT2D eigenvalue weighted by atomic mass is 16.2. The summed E-state index contributed by atoms with van der Waals surface area (Å²) in [7, 11) is 0. The molecule has 0 aliphatic carbocycles. The molecule has 0 radical (unpaired) electrons. The number of hydrogen-bond acceptors (Lipinski definition) is 3. The Morgan fingerprint density at radius 3 is 2.81 bits per heavy atom. The van der Waals surface area contributed by atoms with Crippen LogP contribution in [-0.2, 0) is 17.6 Å². The molecule has 0 bridgehead atoms. The Morgan fingerprint density at radius 1 is 1.29 bits per heavy atom. The van der Waals surface area contributed by atoms with Gasteiger partial charge in [-0.15, -0.1) is 0 Å². The molecule has 1 unspecified atom stereocenters. The van der Waals surface area contributed by atoms with Crippen molar-refractivity contribution in [1.29, 1.82) is 0 Å². The highest BCUT2D eigenvalue weighted by molar-refractivity contribution is 5.78. The number of likely N-dealkylation sites (tertiary alicyclic amines) is 1. The van der Waals surface area contributed by atoms with E-state index in [2.05, 4.69) is 27.3 Å². The summed E-state index contributed by atoms with van der Waals surface area (Å²) in [6, 6.07) is 10.3. The molecule has 3 rings (SSSR count). The molecule has 1 aromatic heterocycles. The van der Waals surface area contributed by atoms with E-state index < -0.39 is 0 Å². The highest BCUT2D eigenvalue weighted by Crippen LogP contribution is 2.23. The first kappa shape index (κ1) is 13.8. The summed E-state index contributed by atoms with van der Waals surface area (Å²) >= 11 is 0. The Hall–Kier alpha value is -2.17. The van der Waals surface area contributed by atoms with Crippen LogP contribution >= 0.6 is 0 Å². The Morgan fingerprint density at radius 2 is 2.10 bits per heavy atom. The van der Waals surface area contributed by atoms with Gasteiger partial charge in [0, 0.05) is 19.4 Å². The molecular formula is C16H20N4O. The monoisotopic (exact) mass is 284 g/mol. The van der Waals surface area contributed by atoms with Crippen LogP contribution in [0.5, 0.6) is 0 Å². The summed E-state index contributed by atoms with van der Waals surface area (Å²) < 4.78 is 0. The highest BCUT2D eigenvalue weighted by Gasteiger charge is 2.28. The first-order valence-electron chi connectivity index (χ1n) is 7.48. The van der Waals surface area contributed by atoms with Crippen LogP contribution in [0.25, 0.3) is 0 Å². The second kappa shape index (κ2) is 6.08. The molecule has 2 heterocycles. The molecule has 1 fully saturated rings. The number of aryl methyl sites for hydroxylation is 2. The molecule has 21 heavy (non-hydrogen) atoms. The van der Waals surface area contributed by atoms with Crippen LogP contribution in [0.4, 0.5) is 0 Å². The SMILES string of the molecule is CC(c1n[nH]c(CCc2ccccc2)n1)N1CCCC1=O. The van der Waals surface area contributed by atoms with Crippen molar-refractivity contribution < 1.29 is 4.79 Å². The number of amides is 1. The molecular weight excluding hydrogens is 264 g/mol. The average molecular weight is 284 g/mol. The summed E-state index contributed by atoms with van der Waals surface area (Å²) in [4.78, 5) is 18.2. The molecule has 1 aliphatic rings. The minimum Gasteiger partial charge on any atom is -0.333 e. The topological polar surface area (TPSA) is 61.9 Å². The quantitative estimate of drug-likeness (QED) is 0.916. The fraction of sp³-hybridized carbons (Fsp3) is 0.438. The zero-order valence-corrected chi connectivity index (χ0v) is 12.2. The molecule has 1 saturated heterocycles. The van der Waals surface area contributed by atoms with E-state index in [0.29, 0.717) is 12.2 Å². The van der Waals surface area contributed by atoms with Gasteiger partial charge >= 0.3 is 0 Å². The van der Waals surface area contributed by atoms with Crippen molar-refractivity contribution >= 4 is 5.91 Å². The molecule has 1 amide bonds. The van der Waals surface area contributed by atoms with Gasteiger partial charge in [-0.05, 0) is 25.3 Å². The predicted molar refractivity (Wildman–Crippen MR) is 79.6 cm³/mol. The van der Waals surface area contributed by atoms with E-state index in [1.54, 1.807) is 0 Å². The van der Waals surface area contributed by atoms with E-state index in [-0.39, 0.29) is 11.9 Å². The van der Waals surface area contributed by atoms with E-state index in [9.17, 15) is 4.79 Å². The Kier molecular flexibility index (Phi) is 3.99. The summed E-state index contributed by atoms with van der Waals surface area (Å²) in [5, 5.41) is 7.27. The van der Waals surface area contributed by atoms with Crippen LogP contribution in [0, 0.1) is 0 Å². The number of carbonyl (C=O) groups is 1. The third-order valence-electron chi connectivity index (χ3n) is 3.99. The zero-order valence-electron chi connectivity index (χ0n) is 12.2. The van der Waals surface area contributed by atoms with Crippen molar-refractivity contribution in [1.82, 2.24) is 20.1 Å². The lowest BCUT2D eigenvalue weighted by atomic mass is 10.1. The second-order valence-corrected chi connectivity index (χ2v) is 5.49. The third kappa shape index (κ3) is 3.12. The van der Waals surface area contributed by atoms with Crippen molar-refractivity contribution in [3.8, 4) is 0 Å². The average Bonchev–Trinajstić information content (AvgIpc) is 3.14. The van der Waals surface area contributed by atoms with E-state index in [1.807, 2.05) is 30.0 Å². The fourth-order valence-corrected chi connectivity index (χ4v) is 2.73. The smallest absolute Gasteiger partial charge is 0.223 e. The summed E-state index contributed by atoms with van der Waals surface area (Å²) in [5.41, 5.74) is 1.29. The molecule has 5 nitrogen and oxygen atoms in total. The van der Waals surface area contributed by atoms with Gasteiger partial charge in [-0.2, -0.15) is 5.10 Å². The lowest BCUT2D eigenvalue weighted by Crippen LogP contribution is -2.28. The number of aromatic amines is 1. The Labute approximate surface area is 124 Å². The second-order valence-electron chi connectivity index (χ2n) is 5.49. The van der Waals surface area contributed by atoms with Crippen molar-refractivity contribution in [2.75, 3.05) is 6.54 Å². The zero-order chi connectivity index (χ0) is 14.7. The number of carbonyl (C=O) groups excluding carboxylic acids is 1. The standard InChI is InChI=1S/C16H20N4O/c1-12(20-11-5-8-15(20)21)16-17-14(18-19-16)10-9-13-6-3-2-4-7-13/h2-4,6-7,12H,5,8-11H2,1H3,(H,17,18,19). The van der Waals surface area contributed by atoms with E-state index in [4.69, 9.17) is 0 Å². The Bertz CT molecular complexity index is 608. The minimum absolute atomic E-state index is 0.0401. The molecule has 1 N–H and O–H groups in total. The number of nitrogens with one attached hydrogen (secondary N) is 1. The number of nitrogens with zero attached hydrogens (tertiary/aromatic N) is 3. The van der Waals surface area contributed by atoms with Crippen molar-refractivity contribution in [3.05, 3.63) is 47.5 Å². The van der Waals surface area contributed by atoms with Crippen molar-refractivity contribution in [3.63, 3.8) is 0 Å². The van der Waals surface area contributed by atoms with Gasteiger partial charge in [0.05, 0.1) is 6.04 Å². The first-order valence-corrected chi connectivity index (χ1v) is 7.48. The van der Waals surface area contributed by atoms with E-state index in [1.165, 1.54) is 5.56 Å². The molecule has 5 heteroatoms. The lowest BCUT2D eigenvalue weighted by molar-refractivity contribution is -0.129. The van der Waals surface area contributed by atoms with Gasteiger partial charge < -0.3 is 4.90 Å². The molecule has 1 aromatic carbocycles. The van der Waals surface area contributed by atoms with Crippen LogP contribution in [0.2, 0.25) is 0 Å². The van der Waals surface area contributed by atoms with Gasteiger partial charge in [0.15, 0.2) is 5.82 Å². The number of benzene rings is 1. The molecule has 0 spiro atoms. The van der Waals surface area contributed by atoms with Crippen molar-refractivity contribution in [2.24, 2.45) is 0 Å². The van der Waals surface area contributed by atoms with Gasteiger partial charge in [0.1, 0.15) is 5.82 Å². The maximum Gasteiger partial charge on any atom is 0.223 e. The van der Waals surface area contributed by atoms with Gasteiger partial charge in [-0.1, -0.05) is 30.3 Å². The largest absolute Gasteiger partial charge is 0.333 e. The van der Waals surface area contributed by atoms with Crippen molar-refractivity contribution in [2.45, 2.75) is 38.6 Å². The van der Waals surface area contributed by atoms with Crippen LogP contribution in [0.3, 0.4) is 0 Å². The van der Waals surface area contributed by atoms with Crippen LogP contribution in [-0.4, -0.2) is 32.5 Å². The van der Waals surface area contributed by atoms with E-state index >= 15 is 0 Å². The van der Waals surface area contributed by atoms with Gasteiger partial charge in [0.2, 0.25) is 5.91 Å². The summed E-state index contributed by atoms with van der Waals surface area (Å²) in [6.07, 6.45) is 3.36. The molecule has 1 atom stereocenters. The Balaban J connectivity index is 1.62. The molecule has 2 aromatic rings. The lowest BCUT2D eigenvalue weighted by Gasteiger charge is -2.21. The maximum absolute atomic E-state index is 11.8. The molecule has 110 valence electrons.